The van der Waals surface area contributed by atoms with Crippen LogP contribution >= 0.6 is 0 Å². The number of nitrogens with one attached hydrogen (secondary N) is 2. The van der Waals surface area contributed by atoms with E-state index in [1.807, 2.05) is 12.1 Å². The van der Waals surface area contributed by atoms with E-state index in [1.165, 1.54) is 18.2 Å². The van der Waals surface area contributed by atoms with Crippen molar-refractivity contribution in [3.63, 3.8) is 0 Å². The van der Waals surface area contributed by atoms with Gasteiger partial charge in [0.2, 0.25) is 0 Å². The molecule has 9 nitrogen and oxygen atoms in total. The standard InChI is InChI=1S/C23H23N5O4S/c29-22(24-10-5-13-33(31,32)19-7-2-1-3-8-19)20-14-17-15-28(12-9-21(17)26-23(20)30)16-18-6-4-11-25-27-18/h1-8,11,13-14H,9-10,12,15-16H2,(H,24,29)(H,26,30)/b13-5+. The number of aromatic nitrogens is 3. The zero-order valence-electron chi connectivity index (χ0n) is 17.8. The number of carbonyl (C=O) groups excluding carboxylic acids is 1. The lowest BCUT2D eigenvalue weighted by molar-refractivity contribution is 0.0956. The van der Waals surface area contributed by atoms with E-state index in [9.17, 15) is 18.0 Å². The van der Waals surface area contributed by atoms with Crippen LogP contribution in [0.1, 0.15) is 27.3 Å². The van der Waals surface area contributed by atoms with Crippen LogP contribution in [0, 0.1) is 0 Å². The summed E-state index contributed by atoms with van der Waals surface area (Å²) in [6.07, 6.45) is 3.62. The molecule has 0 atom stereocenters. The summed E-state index contributed by atoms with van der Waals surface area (Å²) in [5.74, 6) is -0.563. The third kappa shape index (κ3) is 5.60. The molecule has 0 aliphatic carbocycles. The van der Waals surface area contributed by atoms with Crippen LogP contribution in [0.4, 0.5) is 0 Å². The fraction of sp³-hybridized carbons (Fsp3) is 0.217. The molecular weight excluding hydrogens is 442 g/mol. The van der Waals surface area contributed by atoms with Crippen LogP contribution in [0.25, 0.3) is 0 Å². The molecule has 2 N–H and O–H groups in total. The molecule has 0 radical (unpaired) electrons. The Morgan fingerprint density at radius 3 is 2.76 bits per heavy atom. The Balaban J connectivity index is 1.40. The predicted octanol–water partition coefficient (Wildman–Crippen LogP) is 1.44. The molecule has 33 heavy (non-hydrogen) atoms. The zero-order valence-corrected chi connectivity index (χ0v) is 18.6. The highest BCUT2D eigenvalue weighted by atomic mass is 32.2. The lowest BCUT2D eigenvalue weighted by Crippen LogP contribution is -2.35. The number of nitrogens with zero attached hydrogens (tertiary/aromatic N) is 3. The van der Waals surface area contributed by atoms with E-state index < -0.39 is 21.3 Å². The van der Waals surface area contributed by atoms with Gasteiger partial charge in [0.25, 0.3) is 11.5 Å². The lowest BCUT2D eigenvalue weighted by atomic mass is 10.0. The molecule has 0 spiro atoms. The molecule has 2 aromatic heterocycles. The molecule has 1 aliphatic heterocycles. The summed E-state index contributed by atoms with van der Waals surface area (Å²) in [7, 11) is -3.59. The maximum atomic E-state index is 12.6. The Bertz CT molecular complexity index is 1320. The normalized spacial score (nSPS) is 14.2. The summed E-state index contributed by atoms with van der Waals surface area (Å²) in [4.78, 5) is 30.1. The monoisotopic (exact) mass is 465 g/mol. The minimum atomic E-state index is -3.59. The first kappa shape index (κ1) is 22.6. The van der Waals surface area contributed by atoms with E-state index >= 15 is 0 Å². The SMILES string of the molecule is O=C(NC/C=C/S(=O)(=O)c1ccccc1)c1cc2c([nH]c1=O)CCN(Cc1cccnn1)C2. The minimum Gasteiger partial charge on any atom is -0.348 e. The molecule has 0 unspecified atom stereocenters. The molecule has 0 saturated carbocycles. The highest BCUT2D eigenvalue weighted by Crippen LogP contribution is 2.18. The van der Waals surface area contributed by atoms with Crippen LogP contribution in [0.2, 0.25) is 0 Å². The number of benzene rings is 1. The van der Waals surface area contributed by atoms with E-state index in [4.69, 9.17) is 0 Å². The van der Waals surface area contributed by atoms with Crippen LogP contribution in [-0.2, 0) is 29.3 Å². The Kier molecular flexibility index (Phi) is 6.76. The van der Waals surface area contributed by atoms with Crippen LogP contribution in [0.15, 0.2) is 75.9 Å². The Labute approximate surface area is 191 Å². The molecule has 3 heterocycles. The molecule has 1 aliphatic rings. The van der Waals surface area contributed by atoms with Crippen molar-refractivity contribution in [2.75, 3.05) is 13.1 Å². The first-order valence-electron chi connectivity index (χ1n) is 10.4. The molecule has 0 fully saturated rings. The second kappa shape index (κ2) is 9.88. The van der Waals surface area contributed by atoms with Gasteiger partial charge >= 0.3 is 0 Å². The summed E-state index contributed by atoms with van der Waals surface area (Å²) >= 11 is 0. The van der Waals surface area contributed by atoms with Gasteiger partial charge in [-0.05, 0) is 35.9 Å². The van der Waals surface area contributed by atoms with Crippen LogP contribution in [0.3, 0.4) is 0 Å². The number of H-pyrrole nitrogens is 1. The molecule has 0 bridgehead atoms. The number of hydrogen-bond donors (Lipinski definition) is 2. The van der Waals surface area contributed by atoms with Gasteiger partial charge in [0.1, 0.15) is 5.56 Å². The summed E-state index contributed by atoms with van der Waals surface area (Å²) in [5.41, 5.74) is 2.07. The number of pyridine rings is 1. The molecule has 10 heteroatoms. The van der Waals surface area contributed by atoms with Gasteiger partial charge in [0, 0.05) is 49.9 Å². The molecule has 170 valence electrons. The van der Waals surface area contributed by atoms with Crippen molar-refractivity contribution in [3.8, 4) is 0 Å². The van der Waals surface area contributed by atoms with Gasteiger partial charge in [-0.3, -0.25) is 14.5 Å². The summed E-state index contributed by atoms with van der Waals surface area (Å²) in [6, 6.07) is 13.3. The first-order valence-corrected chi connectivity index (χ1v) is 12.0. The highest BCUT2D eigenvalue weighted by Gasteiger charge is 2.21. The number of sulfone groups is 1. The van der Waals surface area contributed by atoms with Crippen molar-refractivity contribution < 1.29 is 13.2 Å². The van der Waals surface area contributed by atoms with E-state index in [-0.39, 0.29) is 17.0 Å². The van der Waals surface area contributed by atoms with E-state index in [0.717, 1.165) is 28.9 Å². The Morgan fingerprint density at radius 2 is 2.00 bits per heavy atom. The maximum absolute atomic E-state index is 12.6. The molecule has 0 saturated heterocycles. The highest BCUT2D eigenvalue weighted by molar-refractivity contribution is 7.94. The summed E-state index contributed by atoms with van der Waals surface area (Å²) < 4.78 is 24.5. The quantitative estimate of drug-likeness (QED) is 0.541. The van der Waals surface area contributed by atoms with Gasteiger partial charge in [0.15, 0.2) is 9.84 Å². The van der Waals surface area contributed by atoms with Gasteiger partial charge in [-0.2, -0.15) is 10.2 Å². The molecule has 1 amide bonds. The third-order valence-electron chi connectivity index (χ3n) is 5.27. The summed E-state index contributed by atoms with van der Waals surface area (Å²) in [5, 5.41) is 11.6. The van der Waals surface area contributed by atoms with E-state index in [1.54, 1.807) is 30.5 Å². The topological polar surface area (TPSA) is 125 Å². The van der Waals surface area contributed by atoms with Crippen molar-refractivity contribution in [1.29, 1.82) is 0 Å². The van der Waals surface area contributed by atoms with Gasteiger partial charge in [-0.15, -0.1) is 0 Å². The molecular formula is C23H23N5O4S. The third-order valence-corrected chi connectivity index (χ3v) is 6.75. The molecule has 3 aromatic rings. The van der Waals surface area contributed by atoms with Gasteiger partial charge in [-0.25, -0.2) is 8.42 Å². The fourth-order valence-electron chi connectivity index (χ4n) is 3.63. The Morgan fingerprint density at radius 1 is 1.18 bits per heavy atom. The summed E-state index contributed by atoms with van der Waals surface area (Å²) in [6.45, 7) is 1.92. The lowest BCUT2D eigenvalue weighted by Gasteiger charge is -2.28. The van der Waals surface area contributed by atoms with Gasteiger partial charge in [0.05, 0.1) is 10.6 Å². The van der Waals surface area contributed by atoms with Crippen molar-refractivity contribution >= 4 is 15.7 Å². The number of hydrogen-bond acceptors (Lipinski definition) is 7. The second-order valence-electron chi connectivity index (χ2n) is 7.63. The number of fused-ring (bicyclic) bond motifs is 1. The van der Waals surface area contributed by atoms with Gasteiger partial charge in [-0.1, -0.05) is 24.3 Å². The van der Waals surface area contributed by atoms with Crippen molar-refractivity contribution in [2.24, 2.45) is 0 Å². The van der Waals surface area contributed by atoms with E-state index in [2.05, 4.69) is 25.4 Å². The first-order chi connectivity index (χ1) is 15.9. The second-order valence-corrected chi connectivity index (χ2v) is 9.47. The van der Waals surface area contributed by atoms with Crippen LogP contribution in [-0.4, -0.2) is 47.5 Å². The van der Waals surface area contributed by atoms with Crippen molar-refractivity contribution in [3.05, 3.63) is 99.1 Å². The Hall–Kier alpha value is -3.63. The smallest absolute Gasteiger partial charge is 0.261 e. The predicted molar refractivity (Wildman–Crippen MR) is 122 cm³/mol. The average Bonchev–Trinajstić information content (AvgIpc) is 2.83. The number of amides is 1. The maximum Gasteiger partial charge on any atom is 0.261 e. The largest absolute Gasteiger partial charge is 0.348 e. The van der Waals surface area contributed by atoms with Gasteiger partial charge < -0.3 is 10.3 Å². The molecule has 4 rings (SSSR count). The van der Waals surface area contributed by atoms with Crippen LogP contribution in [0.5, 0.6) is 0 Å². The number of carbonyl (C=O) groups is 1. The van der Waals surface area contributed by atoms with Crippen LogP contribution < -0.4 is 10.9 Å². The average molecular weight is 466 g/mol. The van der Waals surface area contributed by atoms with E-state index in [0.29, 0.717) is 19.5 Å². The number of aromatic amines is 1. The number of rotatable bonds is 7. The van der Waals surface area contributed by atoms with Crippen molar-refractivity contribution in [2.45, 2.75) is 24.4 Å². The van der Waals surface area contributed by atoms with Crippen molar-refractivity contribution in [1.82, 2.24) is 25.4 Å². The molecule has 1 aromatic carbocycles. The minimum absolute atomic E-state index is 0.00517. The fourth-order valence-corrected chi connectivity index (χ4v) is 4.67. The zero-order chi connectivity index (χ0) is 23.3.